The van der Waals surface area contributed by atoms with Gasteiger partial charge in [-0.05, 0) is 216 Å². The molecule has 3 saturated carbocycles. The number of aliphatic hydroxyl groups excluding tert-OH is 2. The minimum absolute atomic E-state index is 0. The van der Waals surface area contributed by atoms with E-state index in [9.17, 15) is 28.8 Å². The first kappa shape index (κ1) is 106. The first-order chi connectivity index (χ1) is 60.1. The predicted octanol–water partition coefficient (Wildman–Crippen LogP) is 23.3. The number of aliphatic hydroxyl groups is 2. The molecule has 684 valence electrons. The van der Waals surface area contributed by atoms with Gasteiger partial charge in [-0.2, -0.15) is 6.42 Å². The molecule has 11 rings (SSSR count). The zero-order valence-corrected chi connectivity index (χ0v) is 80.5. The Morgan fingerprint density at radius 2 is 1.12 bits per heavy atom. The molecule has 4 amide bonds. The molecule has 0 aromatic heterocycles. The number of hydrogen-bond donors (Lipinski definition) is 6. The van der Waals surface area contributed by atoms with Gasteiger partial charge in [0.05, 0.1) is 58.1 Å². The maximum atomic E-state index is 13.5. The molecule has 15 nitrogen and oxygen atoms in total. The van der Waals surface area contributed by atoms with Crippen molar-refractivity contribution < 1.29 is 63.4 Å². The van der Waals surface area contributed by atoms with Crippen LogP contribution in [0.15, 0.2) is 201 Å². The van der Waals surface area contributed by atoms with E-state index in [4.69, 9.17) is 62.3 Å². The molecule has 1 saturated heterocycles. The second-order valence-corrected chi connectivity index (χ2v) is 43.7. The van der Waals surface area contributed by atoms with Gasteiger partial charge in [-0.25, -0.2) is 6.54 Å². The van der Waals surface area contributed by atoms with Crippen molar-refractivity contribution in [1.82, 2.24) is 21.3 Å². The summed E-state index contributed by atoms with van der Waals surface area (Å²) in [5.74, 6) is -3.70. The van der Waals surface area contributed by atoms with Gasteiger partial charge in [0, 0.05) is 53.2 Å². The van der Waals surface area contributed by atoms with Crippen LogP contribution >= 0.6 is 50.5 Å². The summed E-state index contributed by atoms with van der Waals surface area (Å²) in [5, 5.41) is 30.3. The number of nitrogens with one attached hydrogen (secondary N) is 4. The van der Waals surface area contributed by atoms with Crippen molar-refractivity contribution in [3.63, 3.8) is 0 Å². The third kappa shape index (κ3) is 39.4. The van der Waals surface area contributed by atoms with Crippen LogP contribution in [0, 0.1) is 51.0 Å². The van der Waals surface area contributed by atoms with E-state index in [1.54, 1.807) is 115 Å². The van der Waals surface area contributed by atoms with Crippen LogP contribution in [0.25, 0.3) is 0 Å². The number of esters is 2. The Bertz CT molecular complexity index is 4030. The van der Waals surface area contributed by atoms with Gasteiger partial charge in [0.2, 0.25) is 23.6 Å². The van der Waals surface area contributed by atoms with E-state index in [1.165, 1.54) is 58.7 Å². The minimum atomic E-state index is -1.61. The van der Waals surface area contributed by atoms with Crippen molar-refractivity contribution in [1.29, 1.82) is 0 Å². The molecule has 4 fully saturated rings. The van der Waals surface area contributed by atoms with E-state index in [2.05, 4.69) is 78.8 Å². The van der Waals surface area contributed by atoms with Gasteiger partial charge in [0.25, 0.3) is 0 Å². The summed E-state index contributed by atoms with van der Waals surface area (Å²) >= 11 is 7.91. The number of cyclic esters (lactones) is 1. The van der Waals surface area contributed by atoms with Gasteiger partial charge in [-0.15, -0.1) is 36.4 Å². The Balaban J connectivity index is 0.000000296. The fourth-order valence-corrected chi connectivity index (χ4v) is 24.7. The van der Waals surface area contributed by atoms with Crippen LogP contribution in [0.2, 0.25) is 0 Å². The molecule has 124 heavy (non-hydrogen) atoms. The normalized spacial score (nSPS) is 19.4. The summed E-state index contributed by atoms with van der Waals surface area (Å²) in [6.45, 7) is 25.1. The monoisotopic (exact) mass is 1890 g/mol. The summed E-state index contributed by atoms with van der Waals surface area (Å²) in [6, 6.07) is 51.6. The van der Waals surface area contributed by atoms with Crippen LogP contribution in [0.1, 0.15) is 259 Å². The number of alkyl halides is 2. The van der Waals surface area contributed by atoms with Crippen molar-refractivity contribution in [2.75, 3.05) is 30.0 Å². The Morgan fingerprint density at radius 1 is 0.645 bits per heavy atom. The Hall–Kier alpha value is -6.84. The Morgan fingerprint density at radius 3 is 1.60 bits per heavy atom. The summed E-state index contributed by atoms with van der Waals surface area (Å²) in [4.78, 5) is 81.5. The summed E-state index contributed by atoms with van der Waals surface area (Å²) in [7, 11) is 11.3. The molecule has 3 aliphatic carbocycles. The molecular weight excluding hydrogens is 1740 g/mol. The summed E-state index contributed by atoms with van der Waals surface area (Å²) in [6.07, 6.45) is 36.7. The van der Waals surface area contributed by atoms with Crippen LogP contribution in [0.5, 0.6) is 0 Å². The number of nitrogens with zero attached hydrogens (tertiary/aromatic N) is 1. The first-order valence-electron chi connectivity index (χ1n) is 45.5. The topological polar surface area (TPSA) is 213 Å². The molecule has 6 aromatic carbocycles. The number of rotatable bonds is 32. The zero-order valence-electron chi connectivity index (χ0n) is 74.8. The second-order valence-electron chi connectivity index (χ2n) is 33.7. The molecule has 0 bridgehead atoms. The molecule has 6 N–H and O–H groups in total. The van der Waals surface area contributed by atoms with Gasteiger partial charge >= 0.3 is 85.3 Å². The number of halogens is 4. The Kier molecular flexibility index (Phi) is 52.6. The fourth-order valence-electron chi connectivity index (χ4n) is 17.7. The standard InChI is InChI=1S/C33H44N2O5.C31H40N2O5.C18H33P.C13H18N.C7H6.CH2Cl2.2ClH.Ru.H2/c1-5-14-27(23-30(37)34-24(4)20-21-36)32(38)35-29(7-3)31(26-18-12-9-13-19-26)40-33(39)28(15-6-2)22-25-16-10-8-11-17-25;1-3-27-29(24-14-8-5-9-15-24)38-31(37)26(20-23-12-6-4-7-13-23)17-11-10-16-25(30(36)33-27)21-28(35)32-22(2)18-19-34;1-4-10-16(11-5-1)19(17-12-6-2-7-13-17)18-14-8-3-9-15-18;1-10-8-11(2)13(12(3)9-10)14-6-4-5-7-14;1-7-5-3-2-4-6-7;2-1-3;;;;/h5-6,8-13,16-19,24,27-29,31,36H,1-2,7,14-15,20-23H2,3-4H3,(H,34,37)(H,35,38);4-15,22,25-27,29,34H,3,16-21H2,1-2H3,(H,32,35)(H,33,36);16-18H,1-15H2;6,8-9H,4-5,7H2,1-3H3;1-6H;1H2;2*1H;;1H/q;;;-1;;;;;+2;/p-1/b;11-10+;;;;;;;;/t24-,27+,28+,29-,31?;22-,25+,26+,27-,29?;;;;;;;;/m00......../s1/i;;;;;;;;;1+1. The molecule has 21 heteroatoms. The molecular formula is C103H146Cl4N5O10PRu. The number of ether oxygens (including phenoxy) is 2. The third-order valence-electron chi connectivity index (χ3n) is 23.9. The van der Waals surface area contributed by atoms with Crippen LogP contribution < -0.4 is 26.2 Å². The van der Waals surface area contributed by atoms with E-state index >= 15 is 0 Å². The molecule has 0 spiro atoms. The number of benzene rings is 6. The van der Waals surface area contributed by atoms with Gasteiger partial charge in [0.15, 0.2) is 0 Å². The molecule has 2 aliphatic heterocycles. The summed E-state index contributed by atoms with van der Waals surface area (Å²) < 4.78 is 14.2. The Labute approximate surface area is 769 Å². The van der Waals surface area contributed by atoms with E-state index in [0.717, 1.165) is 27.8 Å². The van der Waals surface area contributed by atoms with Gasteiger partial charge in [-0.1, -0.05) is 203 Å². The van der Waals surface area contributed by atoms with E-state index in [0.29, 0.717) is 64.2 Å². The van der Waals surface area contributed by atoms with Crippen LogP contribution in [0.3, 0.4) is 0 Å². The van der Waals surface area contributed by atoms with Crippen LogP contribution in [-0.2, 0) is 64.6 Å². The number of carbonyl (C=O) groups is 6. The maximum absolute atomic E-state index is 13.5. The second kappa shape index (κ2) is 61.6. The number of hydrogen-bond acceptors (Lipinski definition) is 11. The number of anilines is 1. The first-order valence-corrected chi connectivity index (χ1v) is 53.8. The van der Waals surface area contributed by atoms with Crippen LogP contribution in [-0.4, -0.2) is 117 Å². The number of aryl methyl sites for hydroxylation is 3. The molecule has 6 aromatic rings. The predicted molar refractivity (Wildman–Crippen MR) is 518 cm³/mol. The number of allylic oxidation sites excluding steroid dienone is 4. The van der Waals surface area contributed by atoms with E-state index in [-0.39, 0.29) is 94.3 Å². The van der Waals surface area contributed by atoms with Crippen molar-refractivity contribution >= 4 is 96.4 Å². The number of carbonyl (C=O) groups excluding carboxylic acids is 6. The van der Waals surface area contributed by atoms with E-state index < -0.39 is 55.6 Å². The quantitative estimate of drug-likeness (QED) is 0.00584. The molecule has 0 radical (unpaired) electrons. The molecule has 10 atom stereocenters. The third-order valence-corrected chi connectivity index (χ3v) is 30.3. The van der Waals surface area contributed by atoms with Gasteiger partial charge in [0.1, 0.15) is 12.2 Å². The summed E-state index contributed by atoms with van der Waals surface area (Å²) in [5.41, 5.74) is 14.1. The average molecular weight is 1890 g/mol. The molecule has 2 unspecified atom stereocenters. The van der Waals surface area contributed by atoms with Gasteiger partial charge < -0.3 is 45.9 Å². The van der Waals surface area contributed by atoms with Gasteiger partial charge in [-0.3, -0.25) is 28.8 Å². The van der Waals surface area contributed by atoms with Crippen molar-refractivity contribution in [2.24, 2.45) is 23.7 Å². The SMILES string of the molecule is C1CCC([PH+](C2CCCCC2)C2CCCCC2)CC1.C=CC[C@H](CC(=O)N[C@@H](C)CCO)C(=O)N[C@@H](CC)C(OC(=O)[C@H](CC=C)Cc1ccccc1)c1ccccc1.CC[C@@H]1NC(=O)[C@@H](CC(=O)N[C@@H](C)CCO)C/C=C/C[C@H](Cc2ccccc2)C(=O)OC1c1ccccc1.Cc1cc(C)c(N2[CH-]CCC2)c(C)c1.ClCCl.[2HH].[Cl][Ru]([Cl])=[CH]c1ccccc1. The van der Waals surface area contributed by atoms with Crippen molar-refractivity contribution in [3.8, 4) is 0 Å². The van der Waals surface area contributed by atoms with Crippen molar-refractivity contribution in [3.05, 3.63) is 252 Å². The van der Waals surface area contributed by atoms with Crippen LogP contribution in [0.4, 0.5) is 5.69 Å². The van der Waals surface area contributed by atoms with Crippen molar-refractivity contribution in [2.45, 2.75) is 288 Å². The molecule has 5 aliphatic rings. The number of amides is 4. The van der Waals surface area contributed by atoms with E-state index in [1.807, 2.05) is 189 Å². The zero-order chi connectivity index (χ0) is 89.8. The fraction of sp³-hybridized carbons (Fsp3) is 0.515. The average Bonchev–Trinajstić information content (AvgIpc) is 1.21. The molecule has 2 heterocycles.